The second-order valence-corrected chi connectivity index (χ2v) is 4.54. The number of benzene rings is 1. The number of hydrogen-bond donors (Lipinski definition) is 4. The number of aliphatic carboxylic acids is 1. The molecule has 0 saturated carbocycles. The predicted molar refractivity (Wildman–Crippen MR) is 69.9 cm³/mol. The van der Waals surface area contributed by atoms with Crippen molar-refractivity contribution in [3.8, 4) is 5.75 Å². The Kier molecular flexibility index (Phi) is 11.0. The normalized spacial score (nSPS) is 11.7. The van der Waals surface area contributed by atoms with Gasteiger partial charge in [-0.2, -0.15) is 0 Å². The fourth-order valence-corrected chi connectivity index (χ4v) is 1.56. The summed E-state index contributed by atoms with van der Waals surface area (Å²) in [5, 5.41) is 8.60. The zero-order valence-electron chi connectivity index (χ0n) is 10.7. The molecule has 19 heavy (non-hydrogen) atoms. The van der Waals surface area contributed by atoms with Gasteiger partial charge < -0.3 is 15.4 Å². The van der Waals surface area contributed by atoms with Crippen LogP contribution in [0.25, 0.3) is 0 Å². The van der Waals surface area contributed by atoms with Crippen LogP contribution in [0.2, 0.25) is 0 Å². The average molecular weight is 307 g/mol. The van der Waals surface area contributed by atoms with Gasteiger partial charge in [-0.25, -0.2) is 4.57 Å². The van der Waals surface area contributed by atoms with Crippen LogP contribution < -0.4 is 10.3 Å². The van der Waals surface area contributed by atoms with E-state index in [4.69, 9.17) is 20.6 Å². The molecule has 1 rings (SSSR count). The summed E-state index contributed by atoms with van der Waals surface area (Å²) >= 11 is 0. The first kappa shape index (κ1) is 21.9. The molecule has 0 saturated heterocycles. The first-order valence-corrected chi connectivity index (χ1v) is 6.13. The Hall–Kier alpha value is 0.600. The molecule has 0 unspecified atom stereocenters. The monoisotopic (exact) mass is 307 g/mol. The summed E-state index contributed by atoms with van der Waals surface area (Å²) in [5.74, 6) is -1.11. The summed E-state index contributed by atoms with van der Waals surface area (Å²) < 4.78 is 14.9. The molecule has 2 radical (unpaired) electrons. The smallest absolute Gasteiger partial charge is 0.480 e. The minimum Gasteiger partial charge on any atom is -0.480 e. The van der Waals surface area contributed by atoms with E-state index in [1.165, 1.54) is 24.3 Å². The predicted octanol–water partition coefficient (Wildman–Crippen LogP) is -0.649. The molecule has 0 aromatic heterocycles. The summed E-state index contributed by atoms with van der Waals surface area (Å²) in [6, 6.07) is 4.65. The molecule has 1 atom stereocenters. The fraction of sp³-hybridized carbons (Fsp3) is 0.222. The SMILES string of the molecule is N[C@@H](Cc1ccc(OP(=O)(O)O)cc1)C(=O)O.[Na].[Na]. The van der Waals surface area contributed by atoms with Gasteiger partial charge in [-0.15, -0.1) is 0 Å². The number of hydrogen-bond acceptors (Lipinski definition) is 4. The van der Waals surface area contributed by atoms with Crippen molar-refractivity contribution in [3.05, 3.63) is 29.8 Å². The third-order valence-corrected chi connectivity index (χ3v) is 2.37. The van der Waals surface area contributed by atoms with Crippen LogP contribution in [0.15, 0.2) is 24.3 Å². The van der Waals surface area contributed by atoms with Gasteiger partial charge in [0.1, 0.15) is 11.8 Å². The molecule has 0 heterocycles. The van der Waals surface area contributed by atoms with E-state index in [0.29, 0.717) is 5.56 Å². The van der Waals surface area contributed by atoms with Crippen molar-refractivity contribution in [2.24, 2.45) is 5.73 Å². The van der Waals surface area contributed by atoms with E-state index in [1.807, 2.05) is 0 Å². The van der Waals surface area contributed by atoms with Gasteiger partial charge in [-0.3, -0.25) is 14.6 Å². The van der Waals surface area contributed by atoms with Gasteiger partial charge >= 0.3 is 13.8 Å². The van der Waals surface area contributed by atoms with Crippen molar-refractivity contribution in [2.45, 2.75) is 12.5 Å². The van der Waals surface area contributed by atoms with Crippen molar-refractivity contribution < 1.29 is 28.8 Å². The second-order valence-electron chi connectivity index (χ2n) is 3.37. The summed E-state index contributed by atoms with van der Waals surface area (Å²) in [6.45, 7) is 0. The minimum atomic E-state index is -4.56. The number of carbonyl (C=O) groups is 1. The molecule has 0 fully saturated rings. The van der Waals surface area contributed by atoms with Crippen LogP contribution in [0, 0.1) is 0 Å². The molecule has 0 spiro atoms. The van der Waals surface area contributed by atoms with Crippen LogP contribution in [0.3, 0.4) is 0 Å². The Morgan fingerprint density at radius 3 is 2.11 bits per heavy atom. The Bertz CT molecular complexity index is 449. The van der Waals surface area contributed by atoms with E-state index in [9.17, 15) is 9.36 Å². The number of carboxylic acid groups (broad SMARTS) is 1. The number of carboxylic acids is 1. The molecule has 1 aromatic carbocycles. The van der Waals surface area contributed by atoms with Gasteiger partial charge in [0.05, 0.1) is 0 Å². The number of nitrogens with two attached hydrogens (primary N) is 1. The number of phosphoric ester groups is 1. The molecule has 0 aliphatic heterocycles. The standard InChI is InChI=1S/C9H12NO6P.2Na/c10-8(9(11)12)5-6-1-3-7(4-2-6)16-17(13,14)15;;/h1-4,8H,5,10H2,(H,11,12)(H2,13,14,15);;/t8-;;/m0../s1. The summed E-state index contributed by atoms with van der Waals surface area (Å²) in [4.78, 5) is 27.6. The van der Waals surface area contributed by atoms with Crippen LogP contribution in [0.1, 0.15) is 5.56 Å². The van der Waals surface area contributed by atoms with E-state index in [-0.39, 0.29) is 71.3 Å². The van der Waals surface area contributed by atoms with Gasteiger partial charge in [-0.05, 0) is 24.1 Å². The zero-order valence-corrected chi connectivity index (χ0v) is 15.6. The van der Waals surface area contributed by atoms with Gasteiger partial charge in [0, 0.05) is 59.1 Å². The fourth-order valence-electron chi connectivity index (χ4n) is 1.16. The molecular formula is C9H12NNa2O6P. The van der Waals surface area contributed by atoms with Crippen LogP contribution in [0.4, 0.5) is 0 Å². The topological polar surface area (TPSA) is 130 Å². The maximum atomic E-state index is 10.5. The molecule has 0 bridgehead atoms. The molecule has 5 N–H and O–H groups in total. The van der Waals surface area contributed by atoms with Gasteiger partial charge in [0.25, 0.3) is 0 Å². The van der Waals surface area contributed by atoms with E-state index in [1.54, 1.807) is 0 Å². The summed E-state index contributed by atoms with van der Waals surface area (Å²) in [5.41, 5.74) is 5.97. The van der Waals surface area contributed by atoms with E-state index in [0.717, 1.165) is 0 Å². The first-order valence-electron chi connectivity index (χ1n) is 4.60. The largest absolute Gasteiger partial charge is 0.524 e. The van der Waals surface area contributed by atoms with Crippen LogP contribution in [-0.2, 0) is 15.8 Å². The average Bonchev–Trinajstić information content (AvgIpc) is 2.18. The third kappa shape index (κ3) is 9.20. The molecular weight excluding hydrogens is 295 g/mol. The van der Waals surface area contributed by atoms with E-state index < -0.39 is 19.8 Å². The number of rotatable bonds is 5. The minimum absolute atomic E-state index is 0. The Morgan fingerprint density at radius 2 is 1.74 bits per heavy atom. The van der Waals surface area contributed by atoms with Gasteiger partial charge in [0.15, 0.2) is 0 Å². The molecule has 96 valence electrons. The van der Waals surface area contributed by atoms with Crippen molar-refractivity contribution in [1.29, 1.82) is 0 Å². The third-order valence-electron chi connectivity index (χ3n) is 1.92. The maximum absolute atomic E-state index is 10.5. The Morgan fingerprint density at radius 1 is 1.26 bits per heavy atom. The molecule has 1 aromatic rings. The quantitative estimate of drug-likeness (QED) is 0.420. The zero-order chi connectivity index (χ0) is 13.1. The van der Waals surface area contributed by atoms with Crippen LogP contribution in [0.5, 0.6) is 5.75 Å². The summed E-state index contributed by atoms with van der Waals surface area (Å²) in [7, 11) is -4.56. The Balaban J connectivity index is 0. The summed E-state index contributed by atoms with van der Waals surface area (Å²) in [6.07, 6.45) is 0.130. The Labute approximate surface area is 154 Å². The molecule has 7 nitrogen and oxygen atoms in total. The maximum Gasteiger partial charge on any atom is 0.524 e. The van der Waals surface area contributed by atoms with Crippen molar-refractivity contribution in [3.63, 3.8) is 0 Å². The van der Waals surface area contributed by atoms with Crippen molar-refractivity contribution >= 4 is 72.9 Å². The second kappa shape index (κ2) is 9.52. The van der Waals surface area contributed by atoms with Crippen molar-refractivity contribution in [1.82, 2.24) is 0 Å². The molecule has 0 amide bonds. The molecule has 10 heteroatoms. The van der Waals surface area contributed by atoms with Gasteiger partial charge in [0.2, 0.25) is 0 Å². The van der Waals surface area contributed by atoms with E-state index >= 15 is 0 Å². The number of phosphoric acid groups is 1. The van der Waals surface area contributed by atoms with E-state index in [2.05, 4.69) is 4.52 Å². The van der Waals surface area contributed by atoms with Gasteiger partial charge in [-0.1, -0.05) is 12.1 Å². The van der Waals surface area contributed by atoms with Crippen LogP contribution in [-0.4, -0.2) is 86.0 Å². The van der Waals surface area contributed by atoms with Crippen LogP contribution >= 0.6 is 7.82 Å². The molecule has 0 aliphatic rings. The first-order chi connectivity index (χ1) is 7.78. The molecule has 0 aliphatic carbocycles. The van der Waals surface area contributed by atoms with Crippen molar-refractivity contribution in [2.75, 3.05) is 0 Å².